The van der Waals surface area contributed by atoms with Gasteiger partial charge in [0.2, 0.25) is 0 Å². The van der Waals surface area contributed by atoms with E-state index < -0.39 is 0 Å². The van der Waals surface area contributed by atoms with Gasteiger partial charge in [-0.05, 0) is 27.7 Å². The fraction of sp³-hybridized carbons (Fsp3) is 0.680. The molecule has 13 nitrogen and oxygen atoms in total. The summed E-state index contributed by atoms with van der Waals surface area (Å²) in [6.07, 6.45) is 4.98. The van der Waals surface area contributed by atoms with Crippen LogP contribution in [-0.4, -0.2) is 110 Å². The van der Waals surface area contributed by atoms with Crippen molar-refractivity contribution in [1.29, 1.82) is 0 Å². The highest BCUT2D eigenvalue weighted by molar-refractivity contribution is 8.14. The van der Waals surface area contributed by atoms with E-state index >= 15 is 0 Å². The number of carbonyl (C=O) groups excluding carboxylic acids is 1. The third kappa shape index (κ3) is 14.1. The highest BCUT2D eigenvalue weighted by atomic mass is 32.2. The fourth-order valence-corrected chi connectivity index (χ4v) is 3.66. The Balaban J connectivity index is 0.000000244. The van der Waals surface area contributed by atoms with E-state index in [2.05, 4.69) is 27.0 Å². The Labute approximate surface area is 236 Å². The number of urea groups is 1. The standard InChI is InChI=1S/C6H12O2.C5H7N3.C5H10N2O.C5H8N2O.C4H8N2S/c1-5-3-7-6(2)8-4-5;1-4-6-3-7-5(2)8-4;2*1-6-3-4-7(2)5(6)8;1-4-5-6(2)3-7-4/h5-6H,3-4H2,1-2H3;3H,1-2H3;3-4H2,1-2H3;3-4H,1-2H3;3H2,1-2H3. The highest BCUT2D eigenvalue weighted by Crippen LogP contribution is 2.13. The maximum Gasteiger partial charge on any atom is 0.327 e. The summed E-state index contributed by atoms with van der Waals surface area (Å²) in [5.41, 5.74) is 0.0185. The van der Waals surface area contributed by atoms with Crippen molar-refractivity contribution in [2.75, 3.05) is 53.3 Å². The third-order valence-corrected chi connectivity index (χ3v) is 6.36. The number of likely N-dealkylation sites (N-methyl/N-ethyl adjacent to an activating group) is 2. The van der Waals surface area contributed by atoms with E-state index in [1.165, 1.54) is 20.5 Å². The number of hydrazone groups is 1. The normalized spacial score (nSPS) is 19.9. The Morgan fingerprint density at radius 2 is 1.33 bits per heavy atom. The van der Waals surface area contributed by atoms with Crippen LogP contribution in [0.15, 0.2) is 28.6 Å². The average molecular weight is 568 g/mol. The number of nitrogens with zero attached hydrogens (tertiary/aromatic N) is 9. The Morgan fingerprint density at radius 1 is 0.846 bits per heavy atom. The number of carbonyl (C=O) groups is 1. The van der Waals surface area contributed by atoms with Gasteiger partial charge in [0.15, 0.2) is 6.29 Å². The molecule has 0 bridgehead atoms. The number of amides is 2. The zero-order valence-electron chi connectivity index (χ0n) is 25.0. The van der Waals surface area contributed by atoms with Crippen molar-refractivity contribution in [1.82, 2.24) is 38.9 Å². The topological polar surface area (TPSA) is 123 Å². The predicted molar refractivity (Wildman–Crippen MR) is 154 cm³/mol. The molecule has 0 spiro atoms. The molecule has 14 heteroatoms. The summed E-state index contributed by atoms with van der Waals surface area (Å²) in [4.78, 5) is 36.5. The summed E-state index contributed by atoms with van der Waals surface area (Å²) in [5, 5.41) is 7.20. The van der Waals surface area contributed by atoms with Crippen molar-refractivity contribution in [2.24, 2.45) is 25.1 Å². The van der Waals surface area contributed by atoms with Crippen LogP contribution in [0.1, 0.15) is 32.4 Å². The first kappa shape index (κ1) is 34.1. The molecular formula is C25H45N9O4S. The second kappa shape index (κ2) is 17.6. The Kier molecular flexibility index (Phi) is 15.4. The molecule has 0 radical (unpaired) electrons. The Bertz CT molecular complexity index is 1020. The summed E-state index contributed by atoms with van der Waals surface area (Å²) >= 11 is 1.78. The number of aryl methyl sites for hydroxylation is 4. The number of rotatable bonds is 0. The second-order valence-electron chi connectivity index (χ2n) is 9.40. The van der Waals surface area contributed by atoms with Gasteiger partial charge in [0, 0.05) is 66.6 Å². The summed E-state index contributed by atoms with van der Waals surface area (Å²) in [6.45, 7) is 13.2. The lowest BCUT2D eigenvalue weighted by atomic mass is 10.2. The number of hydrogen-bond donors (Lipinski definition) is 0. The van der Waals surface area contributed by atoms with Crippen LogP contribution in [0.25, 0.3) is 0 Å². The highest BCUT2D eigenvalue weighted by Gasteiger charge is 2.20. The van der Waals surface area contributed by atoms with Crippen LogP contribution < -0.4 is 5.69 Å². The van der Waals surface area contributed by atoms with E-state index in [-0.39, 0.29) is 18.0 Å². The maximum atomic E-state index is 10.8. The minimum absolute atomic E-state index is 0.0185. The Morgan fingerprint density at radius 3 is 1.54 bits per heavy atom. The number of aromatic nitrogens is 5. The van der Waals surface area contributed by atoms with Gasteiger partial charge >= 0.3 is 11.7 Å². The first-order chi connectivity index (χ1) is 18.3. The molecule has 2 fully saturated rings. The van der Waals surface area contributed by atoms with Gasteiger partial charge in [-0.25, -0.2) is 24.5 Å². The van der Waals surface area contributed by atoms with Gasteiger partial charge in [0.05, 0.1) is 24.1 Å². The number of hydrogen-bond acceptors (Lipinski definition) is 10. The monoisotopic (exact) mass is 567 g/mol. The first-order valence-corrected chi connectivity index (χ1v) is 13.7. The lowest BCUT2D eigenvalue weighted by Gasteiger charge is -2.24. The van der Waals surface area contributed by atoms with E-state index in [1.807, 2.05) is 53.8 Å². The van der Waals surface area contributed by atoms with Crippen molar-refractivity contribution in [3.8, 4) is 0 Å². The van der Waals surface area contributed by atoms with Gasteiger partial charge in [-0.1, -0.05) is 18.7 Å². The molecule has 220 valence electrons. The summed E-state index contributed by atoms with van der Waals surface area (Å²) < 4.78 is 13.4. The first-order valence-electron chi connectivity index (χ1n) is 12.7. The molecule has 5 heterocycles. The number of imidazole rings is 1. The maximum absolute atomic E-state index is 10.8. The molecule has 0 unspecified atom stereocenters. The van der Waals surface area contributed by atoms with Gasteiger partial charge in [0.1, 0.15) is 18.0 Å². The average Bonchev–Trinajstić information content (AvgIpc) is 3.52. The fourth-order valence-electron chi connectivity index (χ4n) is 3.03. The molecule has 39 heavy (non-hydrogen) atoms. The van der Waals surface area contributed by atoms with Crippen molar-refractivity contribution >= 4 is 22.8 Å². The van der Waals surface area contributed by atoms with E-state index in [0.29, 0.717) is 5.92 Å². The van der Waals surface area contributed by atoms with Crippen LogP contribution in [-0.2, 0) is 23.6 Å². The van der Waals surface area contributed by atoms with Gasteiger partial charge < -0.3 is 28.4 Å². The quantitative estimate of drug-likeness (QED) is 0.471. The van der Waals surface area contributed by atoms with Gasteiger partial charge in [0.25, 0.3) is 0 Å². The van der Waals surface area contributed by atoms with Gasteiger partial charge in [-0.3, -0.25) is 5.01 Å². The van der Waals surface area contributed by atoms with Crippen LogP contribution in [0.5, 0.6) is 0 Å². The van der Waals surface area contributed by atoms with Crippen LogP contribution in [0.4, 0.5) is 4.79 Å². The zero-order chi connectivity index (χ0) is 29.5. The minimum atomic E-state index is 0.0185. The van der Waals surface area contributed by atoms with E-state index in [4.69, 9.17) is 9.47 Å². The Hall–Kier alpha value is -2.97. The number of thioether (sulfide) groups is 1. The molecule has 2 aromatic rings. The molecule has 3 aliphatic rings. The van der Waals surface area contributed by atoms with Crippen molar-refractivity contribution < 1.29 is 14.3 Å². The second-order valence-corrected chi connectivity index (χ2v) is 10.5. The minimum Gasteiger partial charge on any atom is -0.353 e. The smallest absolute Gasteiger partial charge is 0.327 e. The molecule has 2 amide bonds. The van der Waals surface area contributed by atoms with E-state index in [1.54, 1.807) is 48.1 Å². The third-order valence-electron chi connectivity index (χ3n) is 5.36. The van der Waals surface area contributed by atoms with Crippen LogP contribution in [0, 0.1) is 19.8 Å². The molecular weight excluding hydrogens is 522 g/mol. The van der Waals surface area contributed by atoms with Crippen LogP contribution in [0.3, 0.4) is 0 Å². The molecule has 0 aromatic carbocycles. The molecule has 0 N–H and O–H groups in total. The van der Waals surface area contributed by atoms with Crippen molar-refractivity contribution in [3.63, 3.8) is 0 Å². The lowest BCUT2D eigenvalue weighted by Crippen LogP contribution is -2.27. The molecule has 2 aromatic heterocycles. The SMILES string of the molecule is CC1=NN(C)CS1.CC1COC(C)OC1.CN1CCN(C)C1=O.Cc1ncnc(C)n1.Cn1ccn(C)c1=O. The lowest BCUT2D eigenvalue weighted by molar-refractivity contribution is -0.187. The molecule has 0 saturated carbocycles. The molecule has 3 aliphatic heterocycles. The summed E-state index contributed by atoms with van der Waals surface area (Å²) in [5.74, 6) is 3.15. The molecule has 5 rings (SSSR count). The van der Waals surface area contributed by atoms with Crippen molar-refractivity contribution in [3.05, 3.63) is 40.9 Å². The van der Waals surface area contributed by atoms with Gasteiger partial charge in [-0.2, -0.15) is 5.10 Å². The van der Waals surface area contributed by atoms with Crippen LogP contribution in [0.2, 0.25) is 0 Å². The van der Waals surface area contributed by atoms with Gasteiger partial charge in [-0.15, -0.1) is 0 Å². The predicted octanol–water partition coefficient (Wildman–Crippen LogP) is 2.17. The summed E-state index contributed by atoms with van der Waals surface area (Å²) in [7, 11) is 9.05. The van der Waals surface area contributed by atoms with E-state index in [0.717, 1.165) is 43.8 Å². The van der Waals surface area contributed by atoms with Crippen LogP contribution >= 0.6 is 11.8 Å². The largest absolute Gasteiger partial charge is 0.353 e. The molecule has 2 saturated heterocycles. The molecule has 0 aliphatic carbocycles. The van der Waals surface area contributed by atoms with Crippen molar-refractivity contribution in [2.45, 2.75) is 40.9 Å². The number of ether oxygens (including phenoxy) is 2. The van der Waals surface area contributed by atoms with E-state index in [9.17, 15) is 9.59 Å². The summed E-state index contributed by atoms with van der Waals surface area (Å²) in [6, 6.07) is 0.130. The zero-order valence-corrected chi connectivity index (χ0v) is 25.8. The molecule has 0 atom stereocenters.